The third-order valence-electron chi connectivity index (χ3n) is 7.88. The summed E-state index contributed by atoms with van der Waals surface area (Å²) in [5, 5.41) is 0.797. The minimum atomic E-state index is -6.00. The Morgan fingerprint density at radius 1 is 0.615 bits per heavy atom. The molecule has 0 saturated heterocycles. The molecule has 0 nitrogen and oxygen atoms in total. The molecule has 2 aliphatic heterocycles. The zero-order valence-corrected chi connectivity index (χ0v) is 27.1. The Kier molecular flexibility index (Phi) is 11.0. The third kappa shape index (κ3) is 8.39. The second-order valence-electron chi connectivity index (χ2n) is 12.7. The van der Waals surface area contributed by atoms with Gasteiger partial charge < -0.3 is 17.3 Å². The molecule has 2 aromatic rings. The first-order valence-corrected chi connectivity index (χ1v) is 16.8. The van der Waals surface area contributed by atoms with Gasteiger partial charge in [-0.1, -0.05) is 106 Å². The second-order valence-corrected chi connectivity index (χ2v) is 19.0. The largest absolute Gasteiger partial charge is 0.673 e. The first-order valence-electron chi connectivity index (χ1n) is 13.6. The van der Waals surface area contributed by atoms with E-state index in [0.717, 1.165) is 23.2 Å². The maximum atomic E-state index is 9.75. The van der Waals surface area contributed by atoms with Crippen molar-refractivity contribution in [3.05, 3.63) is 96.5 Å². The Morgan fingerprint density at radius 2 is 0.923 bits per heavy atom. The van der Waals surface area contributed by atoms with Crippen molar-refractivity contribution in [3.63, 3.8) is 0 Å². The summed E-state index contributed by atoms with van der Waals surface area (Å²) in [6, 6.07) is 18.7. The van der Waals surface area contributed by atoms with Crippen LogP contribution in [0, 0.1) is 37.5 Å². The summed E-state index contributed by atoms with van der Waals surface area (Å²) in [5.74, 6) is 1.62. The van der Waals surface area contributed by atoms with Crippen LogP contribution in [0.15, 0.2) is 48.5 Å². The van der Waals surface area contributed by atoms with Crippen LogP contribution in [-0.2, 0) is 31.8 Å². The summed E-state index contributed by atoms with van der Waals surface area (Å²) >= 11 is 0. The summed E-state index contributed by atoms with van der Waals surface area (Å²) < 4.78 is 39.0. The molecule has 2 heterocycles. The maximum absolute atomic E-state index is 9.75. The topological polar surface area (TPSA) is 0 Å². The van der Waals surface area contributed by atoms with Gasteiger partial charge in [0.15, 0.2) is 0 Å². The Bertz CT molecular complexity index is 1000. The standard InChI is InChI=1S/C24H32P2.C7H8.BF4.Rh/c1-23(2,3)25-15-17-11-7-9-13-19(17)21(25)22-20-14-10-8-12-18(20)16-26(22)24(4,5)6;1-2-7-4-3-6(1)5-7;2-1(3,4)5;/h7-14,21-22H,15-16H2,1-6H3;1-4,6-7H,5H2;;/q;;-1;/t21-,22-,25-,26-;;;/m0.../s1. The van der Waals surface area contributed by atoms with Crippen LogP contribution >= 0.6 is 15.8 Å². The van der Waals surface area contributed by atoms with Gasteiger partial charge in [-0.15, -0.1) is 0 Å². The van der Waals surface area contributed by atoms with Crippen LogP contribution in [0.25, 0.3) is 0 Å². The first kappa shape index (κ1) is 33.2. The van der Waals surface area contributed by atoms with Gasteiger partial charge in [0.2, 0.25) is 0 Å². The summed E-state index contributed by atoms with van der Waals surface area (Å²) in [4.78, 5) is 0. The van der Waals surface area contributed by atoms with Gasteiger partial charge in [0, 0.05) is 30.8 Å². The molecule has 215 valence electrons. The van der Waals surface area contributed by atoms with Gasteiger partial charge in [-0.05, 0) is 88.8 Å². The summed E-state index contributed by atoms with van der Waals surface area (Å²) in [6.45, 7) is 14.9. The first-order chi connectivity index (χ1) is 17.6. The van der Waals surface area contributed by atoms with E-state index in [-0.39, 0.29) is 35.3 Å². The average Bonchev–Trinajstić information content (AvgIpc) is 3.58. The van der Waals surface area contributed by atoms with Gasteiger partial charge in [0.25, 0.3) is 0 Å². The van der Waals surface area contributed by atoms with E-state index in [0.29, 0.717) is 10.3 Å². The van der Waals surface area contributed by atoms with Crippen molar-refractivity contribution >= 4 is 23.1 Å². The second kappa shape index (κ2) is 12.9. The van der Waals surface area contributed by atoms with E-state index in [4.69, 9.17) is 0 Å². The van der Waals surface area contributed by atoms with Crippen molar-refractivity contribution in [2.24, 2.45) is 11.8 Å². The van der Waals surface area contributed by atoms with Crippen LogP contribution in [0.1, 0.15) is 81.5 Å². The molecule has 2 aliphatic carbocycles. The van der Waals surface area contributed by atoms with Crippen LogP contribution in [0.4, 0.5) is 17.3 Å². The molecule has 4 atom stereocenters. The van der Waals surface area contributed by atoms with Crippen molar-refractivity contribution in [3.8, 4) is 0 Å². The van der Waals surface area contributed by atoms with Crippen LogP contribution in [0.5, 0.6) is 0 Å². The molecule has 0 unspecified atom stereocenters. The van der Waals surface area contributed by atoms with Crippen molar-refractivity contribution < 1.29 is 36.7 Å². The molecule has 0 amide bonds. The monoisotopic (exact) mass is 664 g/mol. The Balaban J connectivity index is 0.000000266. The van der Waals surface area contributed by atoms with E-state index in [1.54, 1.807) is 22.3 Å². The Morgan fingerprint density at radius 3 is 1.18 bits per heavy atom. The van der Waals surface area contributed by atoms with Crippen LogP contribution in [0.3, 0.4) is 0 Å². The molecule has 2 bridgehead atoms. The van der Waals surface area contributed by atoms with E-state index < -0.39 is 7.25 Å². The number of hydrogen-bond donors (Lipinski definition) is 0. The molecule has 4 aliphatic rings. The number of rotatable bonds is 1. The molecule has 2 saturated carbocycles. The fraction of sp³-hybridized carbons (Fsp3) is 0.484. The summed E-state index contributed by atoms with van der Waals surface area (Å²) in [5.41, 5.74) is 8.07. The normalized spacial score (nSPS) is 28.9. The summed E-state index contributed by atoms with van der Waals surface area (Å²) in [6.07, 6.45) is 13.2. The van der Waals surface area contributed by atoms with Gasteiger partial charge in [0.1, 0.15) is 0 Å². The maximum Gasteiger partial charge on any atom is 0.673 e. The minimum Gasteiger partial charge on any atom is -0.418 e. The van der Waals surface area contributed by atoms with Gasteiger partial charge in [-0.25, -0.2) is 0 Å². The van der Waals surface area contributed by atoms with Crippen molar-refractivity contribution in [2.75, 3.05) is 0 Å². The average molecular weight is 664 g/mol. The van der Waals surface area contributed by atoms with Gasteiger partial charge in [0.05, 0.1) is 0 Å². The molecule has 39 heavy (non-hydrogen) atoms. The molecular formula is C31H40BF4P2Rh-. The predicted molar refractivity (Wildman–Crippen MR) is 158 cm³/mol. The number of halogens is 4. The molecule has 2 fully saturated rings. The molecule has 0 spiro atoms. The van der Waals surface area contributed by atoms with Gasteiger partial charge in [-0.3, -0.25) is 0 Å². The molecule has 5 radical (unpaired) electrons. The minimum absolute atomic E-state index is 0. The summed E-state index contributed by atoms with van der Waals surface area (Å²) in [7, 11) is -6.14. The van der Waals surface area contributed by atoms with E-state index in [9.17, 15) is 17.3 Å². The van der Waals surface area contributed by atoms with Crippen LogP contribution in [-0.4, -0.2) is 17.6 Å². The number of benzene rings is 2. The smallest absolute Gasteiger partial charge is 0.418 e. The molecular weight excluding hydrogens is 624 g/mol. The molecule has 0 N–H and O–H groups in total. The SMILES string of the molecule is CC(C)(C)[P@@]1Cc2ccccc2[C@H]1[C@@H]1c2ccccc2C[P@]1C(C)(C)C.F[B-](F)(F)F.[CH]1[CH]C2[CH][CH]C1C2.[Rh]. The zero-order valence-electron chi connectivity index (χ0n) is 23.7. The van der Waals surface area contributed by atoms with E-state index in [1.165, 1.54) is 18.7 Å². The fourth-order valence-electron chi connectivity index (χ4n) is 6.15. The zero-order chi connectivity index (χ0) is 27.9. The van der Waals surface area contributed by atoms with E-state index in [1.807, 2.05) is 0 Å². The van der Waals surface area contributed by atoms with E-state index >= 15 is 0 Å². The molecule has 2 aromatic carbocycles. The quantitative estimate of drug-likeness (QED) is 0.162. The van der Waals surface area contributed by atoms with Crippen molar-refractivity contribution in [2.45, 2.75) is 81.9 Å². The van der Waals surface area contributed by atoms with Crippen LogP contribution in [0.2, 0.25) is 0 Å². The third-order valence-corrected chi connectivity index (χ3v) is 15.4. The van der Waals surface area contributed by atoms with Crippen LogP contribution < -0.4 is 0 Å². The van der Waals surface area contributed by atoms with Crippen molar-refractivity contribution in [1.29, 1.82) is 0 Å². The van der Waals surface area contributed by atoms with Crippen molar-refractivity contribution in [1.82, 2.24) is 0 Å². The number of fused-ring (bicyclic) bond motifs is 4. The van der Waals surface area contributed by atoms with E-state index in [2.05, 4.69) is 116 Å². The Labute approximate surface area is 249 Å². The molecule has 8 heteroatoms. The number of hydrogen-bond acceptors (Lipinski definition) is 0. The fourth-order valence-corrected chi connectivity index (χ4v) is 13.6. The van der Waals surface area contributed by atoms with Gasteiger partial charge in [-0.2, -0.15) is 0 Å². The molecule has 0 aromatic heterocycles. The predicted octanol–water partition coefficient (Wildman–Crippen LogP) is 10.8. The van der Waals surface area contributed by atoms with Gasteiger partial charge >= 0.3 is 7.25 Å². The Hall–Kier alpha value is -0.292. The molecule has 6 rings (SSSR count).